The van der Waals surface area contributed by atoms with Crippen molar-refractivity contribution < 1.29 is 14.3 Å². The highest BCUT2D eigenvalue weighted by Crippen LogP contribution is 2.36. The zero-order chi connectivity index (χ0) is 15.0. The number of hydrogen-bond acceptors (Lipinski definition) is 4. The van der Waals surface area contributed by atoms with Crippen LogP contribution in [-0.4, -0.2) is 30.2 Å². The van der Waals surface area contributed by atoms with E-state index >= 15 is 0 Å². The molecule has 0 saturated carbocycles. The van der Waals surface area contributed by atoms with Gasteiger partial charge in [0.1, 0.15) is 0 Å². The van der Waals surface area contributed by atoms with Gasteiger partial charge in [-0.1, -0.05) is 6.07 Å². The van der Waals surface area contributed by atoms with Crippen molar-refractivity contribution >= 4 is 5.78 Å². The van der Waals surface area contributed by atoms with E-state index in [9.17, 15) is 4.79 Å². The number of carbonyl (C=O) groups is 1. The molecule has 1 N–H and O–H groups in total. The predicted octanol–water partition coefficient (Wildman–Crippen LogP) is 2.65. The molecule has 0 spiro atoms. The molecule has 0 fully saturated rings. The lowest BCUT2D eigenvalue weighted by Crippen LogP contribution is -2.18. The number of Topliss-reactive ketones (excluding diaryl/α,β-unsaturated/α-hetero) is 1. The summed E-state index contributed by atoms with van der Waals surface area (Å²) >= 11 is 0. The highest BCUT2D eigenvalue weighted by Gasteiger charge is 2.30. The summed E-state index contributed by atoms with van der Waals surface area (Å²) in [5.41, 5.74) is 3.57. The van der Waals surface area contributed by atoms with Crippen LogP contribution < -0.4 is 9.47 Å². The first kappa shape index (κ1) is 13.7. The molecule has 0 aliphatic heterocycles. The van der Waals surface area contributed by atoms with Crippen molar-refractivity contribution in [2.75, 3.05) is 14.2 Å². The average molecular weight is 286 g/mol. The molecule has 3 rings (SSSR count). The van der Waals surface area contributed by atoms with Crippen LogP contribution in [-0.2, 0) is 6.42 Å². The second-order valence-corrected chi connectivity index (χ2v) is 5.31. The minimum Gasteiger partial charge on any atom is -0.493 e. The standard InChI is InChI=1S/C16H18N2O3/c1-9-16-12(18-17-9)6-11(7-13(16)19)10-4-5-14(20-2)15(8-10)21-3/h4-5,8,11H,6-7H2,1-3H3,(H,17,18). The summed E-state index contributed by atoms with van der Waals surface area (Å²) in [6, 6.07) is 5.81. The molecule has 0 amide bonds. The number of nitrogens with zero attached hydrogens (tertiary/aromatic N) is 1. The Balaban J connectivity index is 1.94. The van der Waals surface area contributed by atoms with Crippen LogP contribution in [0.4, 0.5) is 0 Å². The van der Waals surface area contributed by atoms with E-state index in [0.29, 0.717) is 17.9 Å². The fourth-order valence-corrected chi connectivity index (χ4v) is 2.97. The molecule has 110 valence electrons. The van der Waals surface area contributed by atoms with Gasteiger partial charge in [0.05, 0.1) is 25.5 Å². The van der Waals surface area contributed by atoms with Gasteiger partial charge in [-0.3, -0.25) is 9.89 Å². The number of ketones is 1. The van der Waals surface area contributed by atoms with Gasteiger partial charge in [0, 0.05) is 12.1 Å². The zero-order valence-corrected chi connectivity index (χ0v) is 12.4. The Morgan fingerprint density at radius 2 is 1.95 bits per heavy atom. The summed E-state index contributed by atoms with van der Waals surface area (Å²) in [6.07, 6.45) is 1.27. The topological polar surface area (TPSA) is 64.2 Å². The molecule has 1 atom stereocenters. The van der Waals surface area contributed by atoms with Gasteiger partial charge in [-0.2, -0.15) is 5.10 Å². The van der Waals surface area contributed by atoms with Crippen LogP contribution in [0.5, 0.6) is 11.5 Å². The van der Waals surface area contributed by atoms with E-state index in [1.54, 1.807) is 14.2 Å². The SMILES string of the molecule is COc1ccc(C2CC(=O)c3c(n[nH]c3C)C2)cc1OC. The maximum absolute atomic E-state index is 12.3. The van der Waals surface area contributed by atoms with Crippen LogP contribution in [0.3, 0.4) is 0 Å². The van der Waals surface area contributed by atoms with Gasteiger partial charge in [0.15, 0.2) is 17.3 Å². The number of carbonyl (C=O) groups excluding carboxylic acids is 1. The van der Waals surface area contributed by atoms with Crippen LogP contribution in [0.2, 0.25) is 0 Å². The highest BCUT2D eigenvalue weighted by molar-refractivity contribution is 5.99. The molecule has 2 aromatic rings. The number of ether oxygens (including phenoxy) is 2. The normalized spacial score (nSPS) is 17.5. The summed E-state index contributed by atoms with van der Waals surface area (Å²) in [7, 11) is 3.23. The van der Waals surface area contributed by atoms with Crippen molar-refractivity contribution in [3.05, 3.63) is 40.7 Å². The molecule has 5 nitrogen and oxygen atoms in total. The lowest BCUT2D eigenvalue weighted by molar-refractivity contribution is 0.0963. The van der Waals surface area contributed by atoms with Gasteiger partial charge in [-0.15, -0.1) is 0 Å². The molecule has 1 heterocycles. The first-order valence-electron chi connectivity index (χ1n) is 6.93. The minimum atomic E-state index is 0.132. The van der Waals surface area contributed by atoms with E-state index in [1.165, 1.54) is 0 Å². The molecule has 0 radical (unpaired) electrons. The van der Waals surface area contributed by atoms with Gasteiger partial charge in [-0.05, 0) is 37.0 Å². The number of nitrogens with one attached hydrogen (secondary N) is 1. The minimum absolute atomic E-state index is 0.132. The molecule has 1 aliphatic rings. The van der Waals surface area contributed by atoms with Gasteiger partial charge < -0.3 is 9.47 Å². The van der Waals surface area contributed by atoms with E-state index in [-0.39, 0.29) is 11.7 Å². The smallest absolute Gasteiger partial charge is 0.167 e. The molecule has 1 unspecified atom stereocenters. The summed E-state index contributed by atoms with van der Waals surface area (Å²) in [6.45, 7) is 1.89. The monoisotopic (exact) mass is 286 g/mol. The number of aryl methyl sites for hydroxylation is 1. The molecule has 0 saturated heterocycles. The van der Waals surface area contributed by atoms with E-state index < -0.39 is 0 Å². The lowest BCUT2D eigenvalue weighted by Gasteiger charge is -2.22. The van der Waals surface area contributed by atoms with Gasteiger partial charge in [0.25, 0.3) is 0 Å². The number of H-pyrrole nitrogens is 1. The molecular formula is C16H18N2O3. The Morgan fingerprint density at radius 3 is 2.67 bits per heavy atom. The zero-order valence-electron chi connectivity index (χ0n) is 12.4. The van der Waals surface area contributed by atoms with Crippen LogP contribution in [0, 0.1) is 6.92 Å². The Kier molecular flexibility index (Phi) is 3.41. The van der Waals surface area contributed by atoms with Crippen LogP contribution in [0.1, 0.15) is 39.6 Å². The predicted molar refractivity (Wildman–Crippen MR) is 78.3 cm³/mol. The molecule has 0 bridgehead atoms. The second kappa shape index (κ2) is 5.24. The Labute approximate surface area is 123 Å². The summed E-state index contributed by atoms with van der Waals surface area (Å²) in [5, 5.41) is 7.16. The summed E-state index contributed by atoms with van der Waals surface area (Å²) < 4.78 is 10.6. The van der Waals surface area contributed by atoms with E-state index in [2.05, 4.69) is 10.2 Å². The number of aromatic nitrogens is 2. The van der Waals surface area contributed by atoms with Gasteiger partial charge in [0.2, 0.25) is 0 Å². The fourth-order valence-electron chi connectivity index (χ4n) is 2.97. The number of aromatic amines is 1. The third kappa shape index (κ3) is 2.28. The van der Waals surface area contributed by atoms with Gasteiger partial charge in [-0.25, -0.2) is 0 Å². The third-order valence-electron chi connectivity index (χ3n) is 4.05. The molecule has 5 heteroatoms. The Bertz CT molecular complexity index is 691. The van der Waals surface area contributed by atoms with Crippen LogP contribution in [0.15, 0.2) is 18.2 Å². The van der Waals surface area contributed by atoms with Crippen LogP contribution >= 0.6 is 0 Å². The van der Waals surface area contributed by atoms with Crippen molar-refractivity contribution in [1.29, 1.82) is 0 Å². The average Bonchev–Trinajstić information content (AvgIpc) is 2.88. The Morgan fingerprint density at radius 1 is 1.19 bits per heavy atom. The first-order chi connectivity index (χ1) is 10.1. The van der Waals surface area contributed by atoms with Crippen molar-refractivity contribution in [1.82, 2.24) is 10.2 Å². The van der Waals surface area contributed by atoms with Crippen molar-refractivity contribution in [3.8, 4) is 11.5 Å². The molecular weight excluding hydrogens is 268 g/mol. The molecule has 1 aliphatic carbocycles. The number of methoxy groups -OCH3 is 2. The first-order valence-corrected chi connectivity index (χ1v) is 6.93. The summed E-state index contributed by atoms with van der Waals surface area (Å²) in [5.74, 6) is 1.67. The molecule has 1 aromatic carbocycles. The van der Waals surface area contributed by atoms with Crippen molar-refractivity contribution in [3.63, 3.8) is 0 Å². The third-order valence-corrected chi connectivity index (χ3v) is 4.05. The van der Waals surface area contributed by atoms with E-state index in [1.807, 2.05) is 25.1 Å². The number of rotatable bonds is 3. The highest BCUT2D eigenvalue weighted by atomic mass is 16.5. The fraction of sp³-hybridized carbons (Fsp3) is 0.375. The number of hydrogen-bond donors (Lipinski definition) is 1. The van der Waals surface area contributed by atoms with E-state index in [0.717, 1.165) is 28.9 Å². The second-order valence-electron chi connectivity index (χ2n) is 5.31. The molecule has 1 aromatic heterocycles. The van der Waals surface area contributed by atoms with Crippen molar-refractivity contribution in [2.24, 2.45) is 0 Å². The maximum atomic E-state index is 12.3. The maximum Gasteiger partial charge on any atom is 0.167 e. The lowest BCUT2D eigenvalue weighted by atomic mass is 9.81. The quantitative estimate of drug-likeness (QED) is 0.942. The van der Waals surface area contributed by atoms with Crippen molar-refractivity contribution in [2.45, 2.75) is 25.7 Å². The number of benzene rings is 1. The van der Waals surface area contributed by atoms with E-state index in [4.69, 9.17) is 9.47 Å². The van der Waals surface area contributed by atoms with Crippen LogP contribution in [0.25, 0.3) is 0 Å². The molecule has 21 heavy (non-hydrogen) atoms. The Hall–Kier alpha value is -2.30. The number of fused-ring (bicyclic) bond motifs is 1. The largest absolute Gasteiger partial charge is 0.493 e. The van der Waals surface area contributed by atoms with Gasteiger partial charge >= 0.3 is 0 Å². The summed E-state index contributed by atoms with van der Waals surface area (Å²) in [4.78, 5) is 12.3.